The van der Waals surface area contributed by atoms with Gasteiger partial charge in [-0.15, -0.1) is 0 Å². The quantitative estimate of drug-likeness (QED) is 0.198. The van der Waals surface area contributed by atoms with Crippen molar-refractivity contribution in [3.05, 3.63) is 58.6 Å². The van der Waals surface area contributed by atoms with Crippen LogP contribution < -0.4 is 9.64 Å². The van der Waals surface area contributed by atoms with Crippen LogP contribution in [0.4, 0.5) is 5.69 Å². The first-order valence-electron chi connectivity index (χ1n) is 8.68. The van der Waals surface area contributed by atoms with E-state index in [1.807, 2.05) is 53.4 Å². The Morgan fingerprint density at radius 2 is 1.63 bits per heavy atom. The van der Waals surface area contributed by atoms with Gasteiger partial charge in [0.25, 0.3) is 0 Å². The van der Waals surface area contributed by atoms with Gasteiger partial charge >= 0.3 is 7.60 Å². The van der Waals surface area contributed by atoms with E-state index in [1.165, 1.54) is 0 Å². The topological polar surface area (TPSA) is 47.8 Å². The van der Waals surface area contributed by atoms with Gasteiger partial charge in [-0.05, 0) is 55.8 Å². The number of nitrogens with zero attached hydrogens (tertiary/aromatic N) is 1. The summed E-state index contributed by atoms with van der Waals surface area (Å²) in [4.78, 5) is 1.88. The highest BCUT2D eigenvalue weighted by atomic mass is 79.9. The van der Waals surface area contributed by atoms with Crippen molar-refractivity contribution < 1.29 is 18.3 Å². The van der Waals surface area contributed by atoms with Crippen molar-refractivity contribution in [2.75, 3.05) is 25.2 Å². The second-order valence-electron chi connectivity index (χ2n) is 5.99. The van der Waals surface area contributed by atoms with Gasteiger partial charge in [0.1, 0.15) is 11.8 Å². The number of hydrogen-bond donors (Lipinski definition) is 0. The van der Waals surface area contributed by atoms with E-state index < -0.39 is 12.3 Å². The molecule has 1 aliphatic heterocycles. The van der Waals surface area contributed by atoms with Gasteiger partial charge in [-0.2, -0.15) is 0 Å². The molecule has 0 saturated carbocycles. The maximum Gasteiger partial charge on any atom is 0.373 e. The summed E-state index contributed by atoms with van der Waals surface area (Å²) in [5.41, 5.74) is 1.75. The van der Waals surface area contributed by atoms with Crippen LogP contribution in [0.15, 0.2) is 53.0 Å². The average molecular weight is 475 g/mol. The van der Waals surface area contributed by atoms with Gasteiger partial charge in [-0.25, -0.2) is 0 Å². The Hall–Kier alpha value is -1.04. The summed E-state index contributed by atoms with van der Waals surface area (Å²) in [5.74, 6) is 0.743. The first-order valence-corrected chi connectivity index (χ1v) is 11.4. The van der Waals surface area contributed by atoms with Crippen LogP contribution in [-0.2, 0) is 13.6 Å². The molecule has 1 aliphatic rings. The maximum absolute atomic E-state index is 13.6. The van der Waals surface area contributed by atoms with E-state index in [0.29, 0.717) is 0 Å². The zero-order chi connectivity index (χ0) is 19.7. The van der Waals surface area contributed by atoms with Crippen molar-refractivity contribution in [1.82, 2.24) is 0 Å². The molecule has 146 valence electrons. The molecular weight excluding hydrogens is 453 g/mol. The molecule has 1 fully saturated rings. The first kappa shape index (κ1) is 20.7. The number of methoxy groups -OCH3 is 1. The van der Waals surface area contributed by atoms with Gasteiger partial charge in [-0.3, -0.25) is 4.57 Å². The maximum atomic E-state index is 13.6. The largest absolute Gasteiger partial charge is 0.497 e. The second kappa shape index (κ2) is 8.14. The third kappa shape index (κ3) is 3.66. The summed E-state index contributed by atoms with van der Waals surface area (Å²) in [6, 6.07) is 14.9. The number of benzene rings is 2. The highest BCUT2D eigenvalue weighted by Gasteiger charge is 2.75. The molecule has 2 atom stereocenters. The Labute approximate surface area is 173 Å². The molecule has 0 aliphatic carbocycles. The minimum absolute atomic E-state index is 0.245. The van der Waals surface area contributed by atoms with Gasteiger partial charge in [0.15, 0.2) is 0 Å². The smallest absolute Gasteiger partial charge is 0.373 e. The Morgan fingerprint density at radius 3 is 2.11 bits per heavy atom. The third-order valence-electron chi connectivity index (χ3n) is 4.39. The number of anilines is 1. The Bertz CT molecular complexity index is 823. The fourth-order valence-electron chi connectivity index (χ4n) is 3.18. The lowest BCUT2D eigenvalue weighted by molar-refractivity contribution is 0.216. The molecule has 3 rings (SSSR count). The van der Waals surface area contributed by atoms with E-state index in [4.69, 9.17) is 25.4 Å². The molecule has 0 aromatic heterocycles. The molecule has 2 aromatic carbocycles. The zero-order valence-electron chi connectivity index (χ0n) is 15.4. The van der Waals surface area contributed by atoms with Crippen LogP contribution in [0.1, 0.15) is 25.5 Å². The van der Waals surface area contributed by atoms with E-state index in [0.717, 1.165) is 21.5 Å². The van der Waals surface area contributed by atoms with Crippen LogP contribution >= 0.6 is 35.1 Å². The Morgan fingerprint density at radius 1 is 1.07 bits per heavy atom. The molecule has 0 amide bonds. The highest BCUT2D eigenvalue weighted by molar-refractivity contribution is 9.10. The van der Waals surface area contributed by atoms with Gasteiger partial charge in [-0.1, -0.05) is 39.7 Å². The normalized spacial score (nSPS) is 22.0. The van der Waals surface area contributed by atoms with Crippen molar-refractivity contribution in [1.29, 1.82) is 0 Å². The highest BCUT2D eigenvalue weighted by Crippen LogP contribution is 2.79. The van der Waals surface area contributed by atoms with Gasteiger partial charge < -0.3 is 18.7 Å². The predicted octanol–water partition coefficient (Wildman–Crippen LogP) is 6.18. The fourth-order valence-corrected chi connectivity index (χ4v) is 6.22. The van der Waals surface area contributed by atoms with Crippen LogP contribution in [0, 0.1) is 0 Å². The first-order chi connectivity index (χ1) is 12.9. The summed E-state index contributed by atoms with van der Waals surface area (Å²) in [5, 5.41) is 0. The van der Waals surface area contributed by atoms with Crippen LogP contribution in [0.2, 0.25) is 0 Å². The van der Waals surface area contributed by atoms with Crippen molar-refractivity contribution >= 4 is 40.8 Å². The lowest BCUT2D eigenvalue weighted by Crippen LogP contribution is -2.16. The fraction of sp³-hybridized carbons (Fsp3) is 0.368. The number of hydrogen-bond acceptors (Lipinski definition) is 5. The molecule has 0 N–H and O–H groups in total. The summed E-state index contributed by atoms with van der Waals surface area (Å²) in [7, 11) is -2.00. The van der Waals surface area contributed by atoms with E-state index >= 15 is 0 Å². The van der Waals surface area contributed by atoms with Crippen molar-refractivity contribution in [2.24, 2.45) is 0 Å². The molecule has 1 saturated heterocycles. The third-order valence-corrected chi connectivity index (χ3v) is 8.36. The van der Waals surface area contributed by atoms with Gasteiger partial charge in [0.2, 0.25) is 4.74 Å². The number of halogens is 2. The van der Waals surface area contributed by atoms with Gasteiger partial charge in [0, 0.05) is 10.2 Å². The van der Waals surface area contributed by atoms with Crippen molar-refractivity contribution in [3.8, 4) is 5.75 Å². The molecule has 2 unspecified atom stereocenters. The van der Waals surface area contributed by atoms with Crippen LogP contribution in [-0.4, -0.2) is 25.1 Å². The number of alkyl halides is 1. The minimum atomic E-state index is -3.62. The molecule has 8 heteroatoms. The van der Waals surface area contributed by atoms with E-state index in [2.05, 4.69) is 15.9 Å². The van der Waals surface area contributed by atoms with E-state index in [-0.39, 0.29) is 19.3 Å². The summed E-state index contributed by atoms with van der Waals surface area (Å²) in [6.45, 7) is 4.05. The Balaban J connectivity index is 2.06. The Kier molecular flexibility index (Phi) is 6.24. The predicted molar refractivity (Wildman–Crippen MR) is 112 cm³/mol. The summed E-state index contributed by atoms with van der Waals surface area (Å²) >= 11 is 10.4. The summed E-state index contributed by atoms with van der Waals surface area (Å²) in [6.07, 6.45) is 0. The van der Waals surface area contributed by atoms with Crippen LogP contribution in [0.25, 0.3) is 0 Å². The molecule has 0 spiro atoms. The molecule has 1 heterocycles. The monoisotopic (exact) mass is 473 g/mol. The number of rotatable bonds is 8. The average Bonchev–Trinajstić information content (AvgIpc) is 3.30. The van der Waals surface area contributed by atoms with Crippen LogP contribution in [0.3, 0.4) is 0 Å². The lowest BCUT2D eigenvalue weighted by Gasteiger charge is -2.22. The standard InChI is InChI=1S/C19H22BrClNO4P/c1-4-25-27(23,26-5-2)19(21)18(14-6-12-17(24-3)13-7-14)22(19)16-10-8-15(20)9-11-16/h6-13,18H,4-5H2,1-3H3. The lowest BCUT2D eigenvalue weighted by atomic mass is 10.1. The minimum Gasteiger partial charge on any atom is -0.497 e. The van der Waals surface area contributed by atoms with E-state index in [9.17, 15) is 4.57 Å². The summed E-state index contributed by atoms with van der Waals surface area (Å²) < 4.78 is 29.7. The molecule has 2 aromatic rings. The van der Waals surface area contributed by atoms with Gasteiger partial charge in [0.05, 0.1) is 20.3 Å². The number of ether oxygens (including phenoxy) is 1. The van der Waals surface area contributed by atoms with Crippen LogP contribution in [0.5, 0.6) is 5.75 Å². The SMILES string of the molecule is CCOP(=O)(OCC)C1(Cl)C(c2ccc(OC)cc2)N1c1ccc(Br)cc1. The van der Waals surface area contributed by atoms with Crippen molar-refractivity contribution in [3.63, 3.8) is 0 Å². The zero-order valence-corrected chi connectivity index (χ0v) is 18.6. The molecule has 5 nitrogen and oxygen atoms in total. The molecular formula is C19H22BrClNO4P. The van der Waals surface area contributed by atoms with E-state index in [1.54, 1.807) is 21.0 Å². The molecule has 0 bridgehead atoms. The molecule has 27 heavy (non-hydrogen) atoms. The second-order valence-corrected chi connectivity index (χ2v) is 9.94. The van der Waals surface area contributed by atoms with Crippen molar-refractivity contribution in [2.45, 2.75) is 24.6 Å². The molecule has 0 radical (unpaired) electrons.